The summed E-state index contributed by atoms with van der Waals surface area (Å²) in [5.74, 6) is 0.0532. The summed E-state index contributed by atoms with van der Waals surface area (Å²) < 4.78 is 0. The Hall–Kier alpha value is -0.860. The topological polar surface area (TPSA) is 43.1 Å². The Balaban J connectivity index is 2.71. The molecule has 1 atom stereocenters. The highest BCUT2D eigenvalue weighted by Gasteiger charge is 2.17. The molecule has 0 aliphatic carbocycles. The molecule has 2 nitrogen and oxygen atoms in total. The number of nitrogens with two attached hydrogens (primary N) is 1. The molecule has 1 aromatic carbocycles. The largest absolute Gasteiger partial charge is 0.321 e. The minimum atomic E-state index is -0.454. The van der Waals surface area contributed by atoms with E-state index < -0.39 is 6.04 Å². The third-order valence-corrected chi connectivity index (χ3v) is 2.70. The molecule has 0 aliphatic rings. The van der Waals surface area contributed by atoms with Crippen LogP contribution in [-0.4, -0.2) is 11.8 Å². The Bertz CT molecular complexity index is 349. The Morgan fingerprint density at radius 2 is 2.00 bits per heavy atom. The van der Waals surface area contributed by atoms with Gasteiger partial charge in [-0.05, 0) is 18.1 Å². The van der Waals surface area contributed by atoms with Crippen molar-refractivity contribution >= 4 is 17.4 Å². The van der Waals surface area contributed by atoms with Crippen molar-refractivity contribution in [3.05, 3.63) is 34.9 Å². The number of carbonyl (C=O) groups excluding carboxylic acids is 1. The number of benzene rings is 1. The van der Waals surface area contributed by atoms with E-state index in [1.54, 1.807) is 0 Å². The fourth-order valence-electron chi connectivity index (χ4n) is 1.43. The number of rotatable bonds is 4. The van der Waals surface area contributed by atoms with Gasteiger partial charge in [-0.15, -0.1) is 0 Å². The lowest BCUT2D eigenvalue weighted by Gasteiger charge is -2.13. The number of ketones is 1. The van der Waals surface area contributed by atoms with Crippen molar-refractivity contribution in [1.29, 1.82) is 0 Å². The molecule has 0 amide bonds. The van der Waals surface area contributed by atoms with Crippen molar-refractivity contribution in [3.8, 4) is 0 Å². The second kappa shape index (κ2) is 5.29. The van der Waals surface area contributed by atoms with Crippen molar-refractivity contribution in [2.24, 2.45) is 11.7 Å². The minimum Gasteiger partial charge on any atom is -0.321 e. The lowest BCUT2D eigenvalue weighted by atomic mass is 9.96. The molecule has 0 fully saturated rings. The molecule has 3 heteroatoms. The number of hydrogen-bond donors (Lipinski definition) is 1. The van der Waals surface area contributed by atoms with E-state index in [1.807, 2.05) is 38.1 Å². The Morgan fingerprint density at radius 1 is 1.40 bits per heavy atom. The average molecular weight is 226 g/mol. The van der Waals surface area contributed by atoms with E-state index in [-0.39, 0.29) is 11.7 Å². The molecule has 1 rings (SSSR count). The first-order valence-corrected chi connectivity index (χ1v) is 5.43. The van der Waals surface area contributed by atoms with Gasteiger partial charge in [-0.2, -0.15) is 0 Å². The van der Waals surface area contributed by atoms with Crippen LogP contribution in [0.2, 0.25) is 5.02 Å². The van der Waals surface area contributed by atoms with Gasteiger partial charge in [-0.1, -0.05) is 43.6 Å². The van der Waals surface area contributed by atoms with Crippen molar-refractivity contribution in [1.82, 2.24) is 0 Å². The zero-order valence-corrected chi connectivity index (χ0v) is 9.79. The number of carbonyl (C=O) groups is 1. The van der Waals surface area contributed by atoms with E-state index in [0.717, 1.165) is 5.56 Å². The number of halogens is 1. The summed E-state index contributed by atoms with van der Waals surface area (Å²) in [4.78, 5) is 11.6. The Morgan fingerprint density at radius 3 is 2.53 bits per heavy atom. The molecule has 0 saturated carbocycles. The maximum Gasteiger partial charge on any atom is 0.152 e. The van der Waals surface area contributed by atoms with Gasteiger partial charge in [0.2, 0.25) is 0 Å². The van der Waals surface area contributed by atoms with Crippen LogP contribution in [0, 0.1) is 5.92 Å². The van der Waals surface area contributed by atoms with Crippen LogP contribution in [-0.2, 0) is 11.2 Å². The quantitative estimate of drug-likeness (QED) is 0.856. The standard InChI is InChI=1S/C12H16ClNO/c1-8(2)12(15)11(14)7-9-5-3-4-6-10(9)13/h3-6,8,11H,7,14H2,1-2H3. The fourth-order valence-corrected chi connectivity index (χ4v) is 1.64. The molecule has 0 aromatic heterocycles. The van der Waals surface area contributed by atoms with E-state index in [1.165, 1.54) is 0 Å². The Kier molecular flexibility index (Phi) is 4.30. The monoisotopic (exact) mass is 225 g/mol. The lowest BCUT2D eigenvalue weighted by molar-refractivity contribution is -0.123. The second-order valence-corrected chi connectivity index (χ2v) is 4.37. The lowest BCUT2D eigenvalue weighted by Crippen LogP contribution is -2.35. The van der Waals surface area contributed by atoms with Crippen LogP contribution >= 0.6 is 11.6 Å². The van der Waals surface area contributed by atoms with Crippen molar-refractivity contribution in [2.45, 2.75) is 26.3 Å². The van der Waals surface area contributed by atoms with Crippen molar-refractivity contribution in [2.75, 3.05) is 0 Å². The molecule has 1 unspecified atom stereocenters. The van der Waals surface area contributed by atoms with Gasteiger partial charge in [-0.3, -0.25) is 4.79 Å². The maximum absolute atomic E-state index is 11.6. The van der Waals surface area contributed by atoms with Crippen LogP contribution < -0.4 is 5.73 Å². The number of Topliss-reactive ketones (excluding diaryl/α,β-unsaturated/α-hetero) is 1. The highest BCUT2D eigenvalue weighted by atomic mass is 35.5. The molecule has 0 saturated heterocycles. The van der Waals surface area contributed by atoms with Gasteiger partial charge in [0.1, 0.15) is 0 Å². The van der Waals surface area contributed by atoms with Crippen LogP contribution in [0.4, 0.5) is 0 Å². The van der Waals surface area contributed by atoms with E-state index in [2.05, 4.69) is 0 Å². The molecule has 0 radical (unpaired) electrons. The van der Waals surface area contributed by atoms with Gasteiger partial charge < -0.3 is 5.73 Å². The van der Waals surface area contributed by atoms with Crippen LogP contribution in [0.15, 0.2) is 24.3 Å². The summed E-state index contributed by atoms with van der Waals surface area (Å²) in [6, 6.07) is 7.01. The molecule has 0 heterocycles. The summed E-state index contributed by atoms with van der Waals surface area (Å²) in [5, 5.41) is 0.671. The minimum absolute atomic E-state index is 0.0255. The smallest absolute Gasteiger partial charge is 0.152 e. The number of hydrogen-bond acceptors (Lipinski definition) is 2. The Labute approximate surface area is 95.4 Å². The predicted octanol–water partition coefficient (Wildman–Crippen LogP) is 2.43. The summed E-state index contributed by atoms with van der Waals surface area (Å²) in [5.41, 5.74) is 6.74. The van der Waals surface area contributed by atoms with Gasteiger partial charge in [0.25, 0.3) is 0 Å². The van der Waals surface area contributed by atoms with Gasteiger partial charge >= 0.3 is 0 Å². The summed E-state index contributed by atoms with van der Waals surface area (Å²) in [7, 11) is 0. The molecule has 0 spiro atoms. The van der Waals surface area contributed by atoms with Gasteiger partial charge in [0.15, 0.2) is 5.78 Å². The maximum atomic E-state index is 11.6. The summed E-state index contributed by atoms with van der Waals surface area (Å²) >= 11 is 5.99. The average Bonchev–Trinajstić information content (AvgIpc) is 2.20. The summed E-state index contributed by atoms with van der Waals surface area (Å²) in [6.07, 6.45) is 0.511. The van der Waals surface area contributed by atoms with Crippen molar-refractivity contribution < 1.29 is 4.79 Å². The first-order chi connectivity index (χ1) is 7.02. The third-order valence-electron chi connectivity index (χ3n) is 2.33. The van der Waals surface area contributed by atoms with E-state index >= 15 is 0 Å². The van der Waals surface area contributed by atoms with Crippen LogP contribution in [0.25, 0.3) is 0 Å². The van der Waals surface area contributed by atoms with Crippen LogP contribution in [0.3, 0.4) is 0 Å². The fraction of sp³-hybridized carbons (Fsp3) is 0.417. The SMILES string of the molecule is CC(C)C(=O)C(N)Cc1ccccc1Cl. The highest BCUT2D eigenvalue weighted by Crippen LogP contribution is 2.17. The van der Waals surface area contributed by atoms with Crippen molar-refractivity contribution in [3.63, 3.8) is 0 Å². The molecular formula is C12H16ClNO. The molecule has 0 aliphatic heterocycles. The van der Waals surface area contributed by atoms with Crippen LogP contribution in [0.5, 0.6) is 0 Å². The van der Waals surface area contributed by atoms with E-state index in [0.29, 0.717) is 11.4 Å². The van der Waals surface area contributed by atoms with E-state index in [4.69, 9.17) is 17.3 Å². The molecule has 1 aromatic rings. The first kappa shape index (κ1) is 12.2. The van der Waals surface area contributed by atoms with Gasteiger partial charge in [0, 0.05) is 10.9 Å². The van der Waals surface area contributed by atoms with Gasteiger partial charge in [0.05, 0.1) is 6.04 Å². The molecular weight excluding hydrogens is 210 g/mol. The third kappa shape index (κ3) is 3.33. The van der Waals surface area contributed by atoms with E-state index in [9.17, 15) is 4.79 Å². The summed E-state index contributed by atoms with van der Waals surface area (Å²) in [6.45, 7) is 3.71. The van der Waals surface area contributed by atoms with Crippen LogP contribution in [0.1, 0.15) is 19.4 Å². The zero-order chi connectivity index (χ0) is 11.4. The molecule has 0 bridgehead atoms. The predicted molar refractivity (Wildman–Crippen MR) is 63.0 cm³/mol. The normalized spacial score (nSPS) is 12.9. The molecule has 15 heavy (non-hydrogen) atoms. The first-order valence-electron chi connectivity index (χ1n) is 5.05. The van der Waals surface area contributed by atoms with Gasteiger partial charge in [-0.25, -0.2) is 0 Å². The second-order valence-electron chi connectivity index (χ2n) is 3.96. The zero-order valence-electron chi connectivity index (χ0n) is 9.03. The highest BCUT2D eigenvalue weighted by molar-refractivity contribution is 6.31. The molecule has 2 N–H and O–H groups in total. The molecule has 82 valence electrons.